The van der Waals surface area contributed by atoms with Crippen molar-refractivity contribution in [2.45, 2.75) is 6.18 Å². The zero-order valence-corrected chi connectivity index (χ0v) is 11.7. The standard InChI is InChI=1S/C12H8ClF3N2OS/c1-19-9-4-6(2-3-7(9)13)8-5-10(20)18-11(17-8)12(14,15)16/h2-5H,1H3,(H,17,18,20). The van der Waals surface area contributed by atoms with Crippen molar-refractivity contribution in [2.24, 2.45) is 0 Å². The van der Waals surface area contributed by atoms with Crippen molar-refractivity contribution in [3.8, 4) is 17.0 Å². The minimum Gasteiger partial charge on any atom is -0.495 e. The van der Waals surface area contributed by atoms with Gasteiger partial charge in [-0.15, -0.1) is 0 Å². The van der Waals surface area contributed by atoms with Gasteiger partial charge < -0.3 is 9.72 Å². The van der Waals surface area contributed by atoms with Crippen molar-refractivity contribution < 1.29 is 17.9 Å². The van der Waals surface area contributed by atoms with E-state index in [0.717, 1.165) is 0 Å². The number of hydrogen-bond acceptors (Lipinski definition) is 3. The Balaban J connectivity index is 2.58. The van der Waals surface area contributed by atoms with Crippen LogP contribution in [0.5, 0.6) is 5.75 Å². The van der Waals surface area contributed by atoms with E-state index in [4.69, 9.17) is 28.6 Å². The van der Waals surface area contributed by atoms with Gasteiger partial charge in [0.05, 0.1) is 17.8 Å². The SMILES string of the molecule is COc1cc(-c2cc(=S)nc(C(F)(F)F)[nH]2)ccc1Cl. The first-order valence-electron chi connectivity index (χ1n) is 5.34. The summed E-state index contributed by atoms with van der Waals surface area (Å²) in [5.74, 6) is -0.789. The molecule has 0 aliphatic heterocycles. The highest BCUT2D eigenvalue weighted by Crippen LogP contribution is 2.31. The molecule has 0 aliphatic carbocycles. The van der Waals surface area contributed by atoms with E-state index in [0.29, 0.717) is 16.3 Å². The summed E-state index contributed by atoms with van der Waals surface area (Å²) in [5.41, 5.74) is 0.651. The van der Waals surface area contributed by atoms with E-state index in [1.165, 1.54) is 25.3 Å². The summed E-state index contributed by atoms with van der Waals surface area (Å²) < 4.78 is 42.9. The molecule has 0 unspecified atom stereocenters. The Morgan fingerprint density at radius 2 is 2.00 bits per heavy atom. The molecule has 0 atom stereocenters. The van der Waals surface area contributed by atoms with Crippen LogP contribution in [0.4, 0.5) is 13.2 Å². The average molecular weight is 321 g/mol. The van der Waals surface area contributed by atoms with Gasteiger partial charge in [-0.2, -0.15) is 13.2 Å². The fourth-order valence-electron chi connectivity index (χ4n) is 1.57. The van der Waals surface area contributed by atoms with E-state index < -0.39 is 12.0 Å². The lowest BCUT2D eigenvalue weighted by atomic mass is 10.1. The van der Waals surface area contributed by atoms with Crippen LogP contribution in [0.15, 0.2) is 24.3 Å². The molecule has 2 rings (SSSR count). The smallest absolute Gasteiger partial charge is 0.449 e. The monoisotopic (exact) mass is 320 g/mol. The quantitative estimate of drug-likeness (QED) is 0.829. The molecule has 1 heterocycles. The summed E-state index contributed by atoms with van der Waals surface area (Å²) >= 11 is 10.6. The maximum Gasteiger partial charge on any atom is 0.449 e. The highest BCUT2D eigenvalue weighted by atomic mass is 35.5. The highest BCUT2D eigenvalue weighted by Gasteiger charge is 2.34. The molecule has 1 N–H and O–H groups in total. The first-order valence-corrected chi connectivity index (χ1v) is 6.12. The number of benzene rings is 1. The number of H-pyrrole nitrogens is 1. The van der Waals surface area contributed by atoms with Gasteiger partial charge in [0, 0.05) is 5.56 Å². The second-order valence-corrected chi connectivity index (χ2v) is 4.65. The number of halogens is 4. The van der Waals surface area contributed by atoms with Crippen LogP contribution in [0.3, 0.4) is 0 Å². The van der Waals surface area contributed by atoms with E-state index in [9.17, 15) is 13.2 Å². The second kappa shape index (κ2) is 5.41. The van der Waals surface area contributed by atoms with Crippen molar-refractivity contribution in [1.29, 1.82) is 0 Å². The largest absolute Gasteiger partial charge is 0.495 e. The third-order valence-electron chi connectivity index (χ3n) is 2.47. The van der Waals surface area contributed by atoms with Crippen LogP contribution in [0, 0.1) is 4.64 Å². The maximum atomic E-state index is 12.7. The Kier molecular flexibility index (Phi) is 4.01. The highest BCUT2D eigenvalue weighted by molar-refractivity contribution is 7.71. The predicted molar refractivity (Wildman–Crippen MR) is 71.4 cm³/mol. The summed E-state index contributed by atoms with van der Waals surface area (Å²) in [4.78, 5) is 5.48. The van der Waals surface area contributed by atoms with Gasteiger partial charge in [-0.05, 0) is 18.2 Å². The third-order valence-corrected chi connectivity index (χ3v) is 2.99. The molecule has 2 aromatic rings. The second-order valence-electron chi connectivity index (χ2n) is 3.83. The number of nitrogens with zero attached hydrogens (tertiary/aromatic N) is 1. The van der Waals surface area contributed by atoms with Gasteiger partial charge >= 0.3 is 6.18 Å². The van der Waals surface area contributed by atoms with Gasteiger partial charge in [-0.25, -0.2) is 4.98 Å². The number of aromatic nitrogens is 2. The molecule has 1 aromatic heterocycles. The van der Waals surface area contributed by atoms with Gasteiger partial charge in [-0.1, -0.05) is 29.9 Å². The summed E-state index contributed by atoms with van der Waals surface area (Å²) in [6, 6.07) is 5.95. The molecule has 0 saturated heterocycles. The summed E-state index contributed by atoms with van der Waals surface area (Å²) in [6.45, 7) is 0. The van der Waals surface area contributed by atoms with Crippen molar-refractivity contribution in [3.63, 3.8) is 0 Å². The molecule has 0 fully saturated rings. The number of alkyl halides is 3. The Hall–Kier alpha value is -1.60. The molecule has 0 spiro atoms. The van der Waals surface area contributed by atoms with Crippen molar-refractivity contribution in [2.75, 3.05) is 7.11 Å². The molecule has 8 heteroatoms. The molecule has 1 aromatic carbocycles. The van der Waals surface area contributed by atoms with Crippen LogP contribution in [0.2, 0.25) is 5.02 Å². The average Bonchev–Trinajstić information content (AvgIpc) is 2.37. The molecule has 0 saturated carbocycles. The minimum atomic E-state index is -4.60. The van der Waals surface area contributed by atoms with Gasteiger partial charge in [0.25, 0.3) is 0 Å². The van der Waals surface area contributed by atoms with Crippen LogP contribution >= 0.6 is 23.8 Å². The molecule has 0 radical (unpaired) electrons. The Morgan fingerprint density at radius 3 is 2.60 bits per heavy atom. The third kappa shape index (κ3) is 3.10. The fraction of sp³-hybridized carbons (Fsp3) is 0.167. The van der Waals surface area contributed by atoms with Crippen LogP contribution in [-0.4, -0.2) is 17.1 Å². The van der Waals surface area contributed by atoms with E-state index in [-0.39, 0.29) is 10.3 Å². The lowest BCUT2D eigenvalue weighted by Gasteiger charge is -2.10. The Morgan fingerprint density at radius 1 is 1.30 bits per heavy atom. The van der Waals surface area contributed by atoms with E-state index in [1.54, 1.807) is 6.07 Å². The molecule has 20 heavy (non-hydrogen) atoms. The first kappa shape index (κ1) is 14.8. The molecule has 3 nitrogen and oxygen atoms in total. The Labute approximate surface area is 122 Å². The topological polar surface area (TPSA) is 37.9 Å². The van der Waals surface area contributed by atoms with Crippen molar-refractivity contribution in [3.05, 3.63) is 39.8 Å². The van der Waals surface area contributed by atoms with Crippen LogP contribution < -0.4 is 4.74 Å². The first-order chi connectivity index (χ1) is 9.31. The number of aromatic amines is 1. The fourth-order valence-corrected chi connectivity index (χ4v) is 1.98. The van der Waals surface area contributed by atoms with Crippen molar-refractivity contribution >= 4 is 23.8 Å². The molecular weight excluding hydrogens is 313 g/mol. The molecule has 0 aliphatic rings. The number of nitrogens with one attached hydrogen (secondary N) is 1. The van der Waals surface area contributed by atoms with E-state index in [1.807, 2.05) is 0 Å². The van der Waals surface area contributed by atoms with Gasteiger partial charge in [0.15, 0.2) is 0 Å². The summed E-state index contributed by atoms with van der Waals surface area (Å²) in [5, 5.41) is 0.361. The van der Waals surface area contributed by atoms with Gasteiger partial charge in [0.1, 0.15) is 10.4 Å². The van der Waals surface area contributed by atoms with Crippen LogP contribution in [0.25, 0.3) is 11.3 Å². The zero-order chi connectivity index (χ0) is 14.9. The number of ether oxygens (including phenoxy) is 1. The van der Waals surface area contributed by atoms with Gasteiger partial charge in [0.2, 0.25) is 5.82 Å². The summed E-state index contributed by atoms with van der Waals surface area (Å²) in [7, 11) is 1.42. The Bertz CT molecular complexity index is 700. The predicted octanol–water partition coefficient (Wildman–Crippen LogP) is 4.49. The minimum absolute atomic E-state index is 0.153. The van der Waals surface area contributed by atoms with E-state index in [2.05, 4.69) is 9.97 Å². The van der Waals surface area contributed by atoms with Crippen LogP contribution in [0.1, 0.15) is 5.82 Å². The summed E-state index contributed by atoms with van der Waals surface area (Å²) in [6.07, 6.45) is -4.60. The zero-order valence-electron chi connectivity index (χ0n) is 10.1. The molecule has 0 amide bonds. The van der Waals surface area contributed by atoms with Crippen LogP contribution in [-0.2, 0) is 6.18 Å². The lowest BCUT2D eigenvalue weighted by Crippen LogP contribution is -2.11. The number of rotatable bonds is 2. The molecule has 0 bridgehead atoms. The normalized spacial score (nSPS) is 11.4. The molecule has 106 valence electrons. The number of hydrogen-bond donors (Lipinski definition) is 1. The van der Waals surface area contributed by atoms with Crippen molar-refractivity contribution in [1.82, 2.24) is 9.97 Å². The van der Waals surface area contributed by atoms with E-state index >= 15 is 0 Å². The maximum absolute atomic E-state index is 12.7. The molecular formula is C12H8ClF3N2OS. The lowest BCUT2D eigenvalue weighted by molar-refractivity contribution is -0.144. The van der Waals surface area contributed by atoms with Gasteiger partial charge in [-0.3, -0.25) is 0 Å². The number of methoxy groups -OCH3 is 1.